The molecule has 4 rings (SSSR count). The predicted molar refractivity (Wildman–Crippen MR) is 131 cm³/mol. The number of benzene rings is 2. The lowest BCUT2D eigenvalue weighted by molar-refractivity contribution is 0.132. The smallest absolute Gasteiger partial charge is 0.126 e. The minimum Gasteiger partial charge on any atom is -0.391 e. The molecule has 1 aromatic heterocycles. The molecule has 2 aromatic carbocycles. The average Bonchev–Trinajstić information content (AvgIpc) is 3.28. The molecule has 3 N–H and O–H groups in total. The molecule has 6 heteroatoms. The third-order valence-electron chi connectivity index (χ3n) is 6.55. The number of rotatable bonds is 8. The van der Waals surface area contributed by atoms with E-state index in [9.17, 15) is 13.9 Å². The molecular formula is C28H35F2N3O. The van der Waals surface area contributed by atoms with Gasteiger partial charge >= 0.3 is 0 Å². The van der Waals surface area contributed by atoms with Crippen LogP contribution in [0.1, 0.15) is 73.7 Å². The number of fused-ring (bicyclic) bond motifs is 1. The van der Waals surface area contributed by atoms with Gasteiger partial charge in [-0.25, -0.2) is 13.8 Å². The molecule has 34 heavy (non-hydrogen) atoms. The van der Waals surface area contributed by atoms with Crippen LogP contribution in [0.3, 0.4) is 0 Å². The molecule has 0 saturated heterocycles. The molecule has 0 aliphatic heterocycles. The SMILES string of the molecule is CC(C)(C)Cc1ccc2c(c1)C(NCC(O)C(Cc1cc(F)cc(F)c1)c1ncc[nH]1)CCC2. The van der Waals surface area contributed by atoms with E-state index in [1.54, 1.807) is 12.4 Å². The Balaban J connectivity index is 1.49. The Morgan fingerprint density at radius 3 is 2.56 bits per heavy atom. The molecule has 3 atom stereocenters. The number of nitrogens with zero attached hydrogens (tertiary/aromatic N) is 1. The van der Waals surface area contributed by atoms with E-state index in [2.05, 4.69) is 54.3 Å². The van der Waals surface area contributed by atoms with Gasteiger partial charge in [0.2, 0.25) is 0 Å². The number of nitrogens with one attached hydrogen (secondary N) is 2. The Labute approximate surface area is 200 Å². The number of aliphatic hydroxyl groups is 1. The minimum absolute atomic E-state index is 0.169. The Morgan fingerprint density at radius 2 is 1.88 bits per heavy atom. The lowest BCUT2D eigenvalue weighted by Gasteiger charge is -2.30. The maximum absolute atomic E-state index is 13.8. The van der Waals surface area contributed by atoms with Crippen LogP contribution in [-0.4, -0.2) is 27.7 Å². The predicted octanol–water partition coefficient (Wildman–Crippen LogP) is 5.63. The summed E-state index contributed by atoms with van der Waals surface area (Å²) in [5, 5.41) is 14.7. The highest BCUT2D eigenvalue weighted by atomic mass is 19.1. The van der Waals surface area contributed by atoms with Gasteiger partial charge in [-0.2, -0.15) is 0 Å². The fourth-order valence-corrected chi connectivity index (χ4v) is 5.07. The van der Waals surface area contributed by atoms with Crippen molar-refractivity contribution in [1.29, 1.82) is 0 Å². The van der Waals surface area contributed by atoms with Crippen molar-refractivity contribution >= 4 is 0 Å². The lowest BCUT2D eigenvalue weighted by Crippen LogP contribution is -2.36. The average molecular weight is 468 g/mol. The second-order valence-corrected chi connectivity index (χ2v) is 10.8. The first-order valence-corrected chi connectivity index (χ1v) is 12.2. The van der Waals surface area contributed by atoms with Crippen LogP contribution in [0.5, 0.6) is 0 Å². The van der Waals surface area contributed by atoms with Crippen LogP contribution in [0.2, 0.25) is 0 Å². The summed E-state index contributed by atoms with van der Waals surface area (Å²) in [5.74, 6) is -1.05. The number of hydrogen-bond acceptors (Lipinski definition) is 3. The number of aromatic amines is 1. The summed E-state index contributed by atoms with van der Waals surface area (Å²) in [5.41, 5.74) is 4.74. The van der Waals surface area contributed by atoms with Crippen LogP contribution in [-0.2, 0) is 19.3 Å². The van der Waals surface area contributed by atoms with Gasteiger partial charge in [-0.15, -0.1) is 0 Å². The molecule has 1 aliphatic carbocycles. The summed E-state index contributed by atoms with van der Waals surface area (Å²) < 4.78 is 27.5. The lowest BCUT2D eigenvalue weighted by atomic mass is 9.82. The van der Waals surface area contributed by atoms with Crippen molar-refractivity contribution < 1.29 is 13.9 Å². The number of halogens is 2. The van der Waals surface area contributed by atoms with Crippen molar-refractivity contribution in [2.24, 2.45) is 5.41 Å². The van der Waals surface area contributed by atoms with E-state index in [0.29, 0.717) is 17.9 Å². The summed E-state index contributed by atoms with van der Waals surface area (Å²) in [6.45, 7) is 7.10. The quantitative estimate of drug-likeness (QED) is 0.402. The van der Waals surface area contributed by atoms with Gasteiger partial charge in [-0.05, 0) is 71.9 Å². The number of aromatic nitrogens is 2. The fraction of sp³-hybridized carbons (Fsp3) is 0.464. The topological polar surface area (TPSA) is 60.9 Å². The van der Waals surface area contributed by atoms with Gasteiger partial charge < -0.3 is 15.4 Å². The van der Waals surface area contributed by atoms with Crippen LogP contribution in [0.4, 0.5) is 8.78 Å². The minimum atomic E-state index is -0.777. The molecule has 182 valence electrons. The molecule has 1 aliphatic rings. The van der Waals surface area contributed by atoms with Gasteiger partial charge in [0.1, 0.15) is 17.5 Å². The van der Waals surface area contributed by atoms with Crippen molar-refractivity contribution in [2.45, 2.75) is 70.9 Å². The second kappa shape index (κ2) is 10.4. The molecule has 0 saturated carbocycles. The van der Waals surface area contributed by atoms with Crippen molar-refractivity contribution in [1.82, 2.24) is 15.3 Å². The Morgan fingerprint density at radius 1 is 1.12 bits per heavy atom. The normalized spacial score (nSPS) is 17.9. The third-order valence-corrected chi connectivity index (χ3v) is 6.55. The van der Waals surface area contributed by atoms with E-state index >= 15 is 0 Å². The van der Waals surface area contributed by atoms with E-state index in [-0.39, 0.29) is 17.9 Å². The molecule has 1 heterocycles. The van der Waals surface area contributed by atoms with Crippen LogP contribution < -0.4 is 5.32 Å². The summed E-state index contributed by atoms with van der Waals surface area (Å²) >= 11 is 0. The first-order chi connectivity index (χ1) is 16.2. The number of aryl methyl sites for hydroxylation is 1. The van der Waals surface area contributed by atoms with Gasteiger partial charge in [0.25, 0.3) is 0 Å². The highest BCUT2D eigenvalue weighted by Crippen LogP contribution is 2.33. The van der Waals surface area contributed by atoms with Gasteiger partial charge in [-0.3, -0.25) is 0 Å². The summed E-state index contributed by atoms with van der Waals surface area (Å²) in [4.78, 5) is 7.39. The van der Waals surface area contributed by atoms with E-state index < -0.39 is 23.7 Å². The van der Waals surface area contributed by atoms with E-state index in [4.69, 9.17) is 0 Å². The standard InChI is InChI=1S/C28H35F2N3O/c1-28(2,3)16-18-7-8-20-5-4-6-25(23(20)13-18)33-17-26(34)24(27-31-9-10-32-27)14-19-11-21(29)15-22(30)12-19/h7-13,15,24-26,33-34H,4-6,14,16-17H2,1-3H3,(H,31,32). The second-order valence-electron chi connectivity index (χ2n) is 10.8. The van der Waals surface area contributed by atoms with Crippen LogP contribution in [0.25, 0.3) is 0 Å². The van der Waals surface area contributed by atoms with Crippen molar-refractivity contribution in [2.75, 3.05) is 6.54 Å². The molecule has 0 fully saturated rings. The van der Waals surface area contributed by atoms with E-state index in [1.807, 2.05) is 0 Å². The van der Waals surface area contributed by atoms with E-state index in [0.717, 1.165) is 31.7 Å². The van der Waals surface area contributed by atoms with Gasteiger partial charge in [0.05, 0.1) is 6.10 Å². The van der Waals surface area contributed by atoms with E-state index in [1.165, 1.54) is 28.8 Å². The molecule has 0 bridgehead atoms. The highest BCUT2D eigenvalue weighted by molar-refractivity contribution is 5.36. The van der Waals surface area contributed by atoms with Crippen LogP contribution in [0.15, 0.2) is 48.8 Å². The monoisotopic (exact) mass is 467 g/mol. The molecule has 4 nitrogen and oxygen atoms in total. The summed E-state index contributed by atoms with van der Waals surface area (Å²) in [6, 6.07) is 10.5. The fourth-order valence-electron chi connectivity index (χ4n) is 5.07. The molecule has 0 amide bonds. The Kier molecular flexibility index (Phi) is 7.48. The molecule has 0 radical (unpaired) electrons. The first kappa shape index (κ1) is 24.6. The number of hydrogen-bond donors (Lipinski definition) is 3. The number of H-pyrrole nitrogens is 1. The molecule has 0 spiro atoms. The van der Waals surface area contributed by atoms with Gasteiger partial charge in [0, 0.05) is 37.0 Å². The highest BCUT2D eigenvalue weighted by Gasteiger charge is 2.27. The number of aliphatic hydroxyl groups excluding tert-OH is 1. The maximum atomic E-state index is 13.8. The summed E-state index contributed by atoms with van der Waals surface area (Å²) in [6.07, 6.45) is 7.03. The maximum Gasteiger partial charge on any atom is 0.126 e. The third kappa shape index (κ3) is 6.30. The largest absolute Gasteiger partial charge is 0.391 e. The molecule has 3 aromatic rings. The zero-order valence-corrected chi connectivity index (χ0v) is 20.2. The zero-order chi connectivity index (χ0) is 24.3. The molecular weight excluding hydrogens is 432 g/mol. The Hall–Kier alpha value is -2.57. The number of imidazole rings is 1. The zero-order valence-electron chi connectivity index (χ0n) is 20.2. The molecule has 3 unspecified atom stereocenters. The van der Waals surface area contributed by atoms with Crippen LogP contribution in [0, 0.1) is 17.0 Å². The summed E-state index contributed by atoms with van der Waals surface area (Å²) in [7, 11) is 0. The van der Waals surface area contributed by atoms with Gasteiger partial charge in [-0.1, -0.05) is 39.0 Å². The Bertz CT molecular complexity index is 1070. The van der Waals surface area contributed by atoms with Crippen LogP contribution >= 0.6 is 0 Å². The van der Waals surface area contributed by atoms with Crippen molar-refractivity contribution in [3.8, 4) is 0 Å². The van der Waals surface area contributed by atoms with Crippen molar-refractivity contribution in [3.05, 3.63) is 88.5 Å². The van der Waals surface area contributed by atoms with Gasteiger partial charge in [0.15, 0.2) is 0 Å². The first-order valence-electron chi connectivity index (χ1n) is 12.2. The van der Waals surface area contributed by atoms with Crippen molar-refractivity contribution in [3.63, 3.8) is 0 Å².